The van der Waals surface area contributed by atoms with Crippen molar-refractivity contribution in [3.63, 3.8) is 0 Å². The first-order valence-electron chi connectivity index (χ1n) is 11.2. The van der Waals surface area contributed by atoms with Gasteiger partial charge in [0, 0.05) is 15.7 Å². The molecule has 34 heavy (non-hydrogen) atoms. The summed E-state index contributed by atoms with van der Waals surface area (Å²) in [5, 5.41) is 12.7. The Morgan fingerprint density at radius 1 is 0.971 bits per heavy atom. The molecular weight excluding hydrogens is 508 g/mol. The zero-order valence-corrected chi connectivity index (χ0v) is 22.1. The van der Waals surface area contributed by atoms with Crippen LogP contribution in [0.25, 0.3) is 17.1 Å². The molecule has 0 fully saturated rings. The van der Waals surface area contributed by atoms with Crippen molar-refractivity contribution in [3.8, 4) is 17.1 Å². The largest absolute Gasteiger partial charge is 0.325 e. The molecular formula is C27H27BrN4OS. The van der Waals surface area contributed by atoms with E-state index in [0.717, 1.165) is 44.8 Å². The number of rotatable bonds is 7. The number of carbonyl (C=O) groups is 1. The molecule has 5 nitrogen and oxygen atoms in total. The molecule has 1 aromatic heterocycles. The number of nitrogens with one attached hydrogen (secondary N) is 1. The van der Waals surface area contributed by atoms with Crippen LogP contribution in [-0.4, -0.2) is 26.4 Å². The summed E-state index contributed by atoms with van der Waals surface area (Å²) >= 11 is 4.93. The van der Waals surface area contributed by atoms with Crippen molar-refractivity contribution in [2.75, 3.05) is 11.1 Å². The molecule has 4 rings (SSSR count). The highest BCUT2D eigenvalue weighted by Gasteiger charge is 2.18. The van der Waals surface area contributed by atoms with Gasteiger partial charge in [-0.15, -0.1) is 10.2 Å². The zero-order valence-electron chi connectivity index (χ0n) is 19.7. The van der Waals surface area contributed by atoms with Gasteiger partial charge in [-0.3, -0.25) is 9.36 Å². The molecule has 0 spiro atoms. The van der Waals surface area contributed by atoms with Crippen LogP contribution in [0.15, 0.2) is 70.3 Å². The SMILES string of the molecule is CCc1cc(Br)cc(C)c1NC(=O)CSc1nnc(-c2ccccc2)n1-c1ccc(C)c(C)c1. The predicted molar refractivity (Wildman–Crippen MR) is 144 cm³/mol. The molecule has 1 heterocycles. The quantitative estimate of drug-likeness (QED) is 0.261. The Morgan fingerprint density at radius 2 is 1.74 bits per heavy atom. The van der Waals surface area contributed by atoms with Gasteiger partial charge in [0.2, 0.25) is 5.91 Å². The molecule has 0 radical (unpaired) electrons. The van der Waals surface area contributed by atoms with E-state index >= 15 is 0 Å². The Bertz CT molecular complexity index is 1330. The van der Waals surface area contributed by atoms with Crippen molar-refractivity contribution < 1.29 is 4.79 Å². The van der Waals surface area contributed by atoms with Crippen LogP contribution < -0.4 is 5.32 Å². The summed E-state index contributed by atoms with van der Waals surface area (Å²) in [6.07, 6.45) is 0.838. The summed E-state index contributed by atoms with van der Waals surface area (Å²) in [6, 6.07) is 20.4. The van der Waals surface area contributed by atoms with E-state index in [1.807, 2.05) is 47.9 Å². The molecule has 0 unspecified atom stereocenters. The minimum Gasteiger partial charge on any atom is -0.325 e. The average molecular weight is 536 g/mol. The van der Waals surface area contributed by atoms with Gasteiger partial charge in [0.25, 0.3) is 0 Å². The first kappa shape index (κ1) is 24.2. The maximum atomic E-state index is 12.9. The normalized spacial score (nSPS) is 11.0. The van der Waals surface area contributed by atoms with Gasteiger partial charge in [-0.25, -0.2) is 0 Å². The number of aryl methyl sites for hydroxylation is 4. The van der Waals surface area contributed by atoms with E-state index in [1.54, 1.807) is 0 Å². The van der Waals surface area contributed by atoms with Crippen LogP contribution in [0.5, 0.6) is 0 Å². The third-order valence-electron chi connectivity index (χ3n) is 5.77. The van der Waals surface area contributed by atoms with E-state index in [4.69, 9.17) is 0 Å². The molecule has 0 aliphatic carbocycles. The van der Waals surface area contributed by atoms with Gasteiger partial charge in [0.15, 0.2) is 11.0 Å². The highest BCUT2D eigenvalue weighted by molar-refractivity contribution is 9.10. The van der Waals surface area contributed by atoms with Crippen LogP contribution in [-0.2, 0) is 11.2 Å². The standard InChI is InChI=1S/C27H27BrN4OS/c1-5-20-15-22(28)13-19(4)25(20)29-24(33)16-34-27-31-30-26(21-9-7-6-8-10-21)32(27)23-12-11-17(2)18(3)14-23/h6-15H,5,16H2,1-4H3,(H,29,33). The molecule has 0 saturated carbocycles. The van der Waals surface area contributed by atoms with E-state index in [1.165, 1.54) is 22.9 Å². The van der Waals surface area contributed by atoms with E-state index < -0.39 is 0 Å². The number of hydrogen-bond acceptors (Lipinski definition) is 4. The van der Waals surface area contributed by atoms with Crippen LogP contribution >= 0.6 is 27.7 Å². The lowest BCUT2D eigenvalue weighted by Crippen LogP contribution is -2.16. The molecule has 1 amide bonds. The van der Waals surface area contributed by atoms with Crippen molar-refractivity contribution in [2.24, 2.45) is 0 Å². The predicted octanol–water partition coefficient (Wildman–Crippen LogP) is 6.92. The molecule has 174 valence electrons. The lowest BCUT2D eigenvalue weighted by molar-refractivity contribution is -0.113. The second-order valence-corrected chi connectivity index (χ2v) is 10.1. The summed E-state index contributed by atoms with van der Waals surface area (Å²) in [5.41, 5.74) is 7.40. The van der Waals surface area contributed by atoms with Crippen molar-refractivity contribution in [1.29, 1.82) is 0 Å². The zero-order chi connectivity index (χ0) is 24.2. The smallest absolute Gasteiger partial charge is 0.234 e. The van der Waals surface area contributed by atoms with E-state index in [9.17, 15) is 4.79 Å². The first-order chi connectivity index (χ1) is 16.4. The molecule has 7 heteroatoms. The van der Waals surface area contributed by atoms with Crippen LogP contribution in [0.3, 0.4) is 0 Å². The summed E-state index contributed by atoms with van der Waals surface area (Å²) < 4.78 is 3.05. The third-order valence-corrected chi connectivity index (χ3v) is 7.16. The summed E-state index contributed by atoms with van der Waals surface area (Å²) in [4.78, 5) is 12.9. The van der Waals surface area contributed by atoms with E-state index in [0.29, 0.717) is 5.16 Å². The van der Waals surface area contributed by atoms with Crippen molar-refractivity contribution in [1.82, 2.24) is 14.8 Å². The van der Waals surface area contributed by atoms with Gasteiger partial charge in [0.05, 0.1) is 11.4 Å². The Hall–Kier alpha value is -2.90. The van der Waals surface area contributed by atoms with Crippen molar-refractivity contribution in [3.05, 3.63) is 87.4 Å². The lowest BCUT2D eigenvalue weighted by Gasteiger charge is -2.14. The number of nitrogens with zero attached hydrogens (tertiary/aromatic N) is 3. The van der Waals surface area contributed by atoms with Crippen LogP contribution in [0.1, 0.15) is 29.2 Å². The fourth-order valence-electron chi connectivity index (χ4n) is 3.81. The number of carbonyl (C=O) groups excluding carboxylic acids is 1. The minimum atomic E-state index is -0.0685. The number of amides is 1. The molecule has 0 aliphatic heterocycles. The number of aromatic nitrogens is 3. The summed E-state index contributed by atoms with van der Waals surface area (Å²) in [5.74, 6) is 0.918. The Morgan fingerprint density at radius 3 is 2.44 bits per heavy atom. The Balaban J connectivity index is 1.62. The highest BCUT2D eigenvalue weighted by atomic mass is 79.9. The van der Waals surface area contributed by atoms with Gasteiger partial charge < -0.3 is 5.32 Å². The van der Waals surface area contributed by atoms with Crippen LogP contribution in [0.4, 0.5) is 5.69 Å². The summed E-state index contributed by atoms with van der Waals surface area (Å²) in [7, 11) is 0. The molecule has 0 bridgehead atoms. The fourth-order valence-corrected chi connectivity index (χ4v) is 5.18. The second-order valence-electron chi connectivity index (χ2n) is 8.22. The van der Waals surface area contributed by atoms with Gasteiger partial charge in [-0.05, 0) is 73.7 Å². The lowest BCUT2D eigenvalue weighted by atomic mass is 10.1. The molecule has 0 atom stereocenters. The fraction of sp³-hybridized carbons (Fsp3) is 0.222. The summed E-state index contributed by atoms with van der Waals surface area (Å²) in [6.45, 7) is 8.29. The van der Waals surface area contributed by atoms with E-state index in [2.05, 4.69) is 76.5 Å². The van der Waals surface area contributed by atoms with E-state index in [-0.39, 0.29) is 11.7 Å². The first-order valence-corrected chi connectivity index (χ1v) is 13.0. The Labute approximate surface area is 213 Å². The highest BCUT2D eigenvalue weighted by Crippen LogP contribution is 2.30. The monoisotopic (exact) mass is 534 g/mol. The second kappa shape index (κ2) is 10.6. The van der Waals surface area contributed by atoms with Gasteiger partial charge in [-0.2, -0.15) is 0 Å². The number of anilines is 1. The number of thioether (sulfide) groups is 1. The molecule has 1 N–H and O–H groups in total. The minimum absolute atomic E-state index is 0.0685. The molecule has 0 aliphatic rings. The number of halogens is 1. The van der Waals surface area contributed by atoms with Gasteiger partial charge in [0.1, 0.15) is 0 Å². The average Bonchev–Trinajstić information content (AvgIpc) is 3.25. The van der Waals surface area contributed by atoms with Gasteiger partial charge in [-0.1, -0.05) is 71.0 Å². The van der Waals surface area contributed by atoms with Crippen molar-refractivity contribution >= 4 is 39.3 Å². The van der Waals surface area contributed by atoms with Gasteiger partial charge >= 0.3 is 0 Å². The molecule has 4 aromatic rings. The van der Waals surface area contributed by atoms with Crippen LogP contribution in [0, 0.1) is 20.8 Å². The molecule has 0 saturated heterocycles. The molecule has 3 aromatic carbocycles. The van der Waals surface area contributed by atoms with Crippen molar-refractivity contribution in [2.45, 2.75) is 39.3 Å². The maximum Gasteiger partial charge on any atom is 0.234 e. The Kier molecular flexibility index (Phi) is 7.54. The van der Waals surface area contributed by atoms with Crippen LogP contribution in [0.2, 0.25) is 0 Å². The number of benzene rings is 3. The number of hydrogen-bond donors (Lipinski definition) is 1. The maximum absolute atomic E-state index is 12.9. The topological polar surface area (TPSA) is 59.8 Å². The third kappa shape index (κ3) is 5.26.